The number of amides is 1. The number of furan rings is 1. The molecule has 0 unspecified atom stereocenters. The van der Waals surface area contributed by atoms with E-state index in [1.807, 2.05) is 29.9 Å². The summed E-state index contributed by atoms with van der Waals surface area (Å²) in [7, 11) is 1.94. The predicted molar refractivity (Wildman–Crippen MR) is 63.0 cm³/mol. The minimum Gasteiger partial charge on any atom is -0.444 e. The van der Waals surface area contributed by atoms with Gasteiger partial charge in [-0.2, -0.15) is 0 Å². The van der Waals surface area contributed by atoms with Gasteiger partial charge in [0.25, 0.3) is 5.91 Å². The van der Waals surface area contributed by atoms with Crippen molar-refractivity contribution < 1.29 is 9.21 Å². The molecule has 0 radical (unpaired) electrons. The van der Waals surface area contributed by atoms with E-state index >= 15 is 0 Å². The Balaban J connectivity index is 1.96. The molecule has 0 aromatic carbocycles. The molecule has 0 bridgehead atoms. The summed E-state index contributed by atoms with van der Waals surface area (Å²) in [6.07, 6.45) is 1.94. The highest BCUT2D eigenvalue weighted by atomic mass is 79.9. The van der Waals surface area contributed by atoms with Crippen LogP contribution in [-0.4, -0.2) is 10.5 Å². The Kier molecular flexibility index (Phi) is 3.14. The van der Waals surface area contributed by atoms with Crippen LogP contribution in [0.1, 0.15) is 16.2 Å². The Morgan fingerprint density at radius 3 is 2.88 bits per heavy atom. The molecule has 2 rings (SSSR count). The van der Waals surface area contributed by atoms with E-state index in [0.29, 0.717) is 17.0 Å². The minimum atomic E-state index is -0.216. The summed E-state index contributed by atoms with van der Waals surface area (Å²) in [6, 6.07) is 7.21. The van der Waals surface area contributed by atoms with Crippen LogP contribution in [0.4, 0.5) is 0 Å². The van der Waals surface area contributed by atoms with Gasteiger partial charge in [-0.15, -0.1) is 0 Å². The van der Waals surface area contributed by atoms with E-state index in [2.05, 4.69) is 21.2 Å². The van der Waals surface area contributed by atoms with Crippen LogP contribution in [-0.2, 0) is 13.6 Å². The second-order valence-electron chi connectivity index (χ2n) is 3.40. The second kappa shape index (κ2) is 4.57. The Labute approximate surface area is 101 Å². The molecule has 1 amide bonds. The van der Waals surface area contributed by atoms with Gasteiger partial charge in [0.05, 0.1) is 6.54 Å². The average molecular weight is 283 g/mol. The summed E-state index contributed by atoms with van der Waals surface area (Å²) < 4.78 is 7.65. The lowest BCUT2D eigenvalue weighted by atomic mass is 10.4. The van der Waals surface area contributed by atoms with Crippen LogP contribution in [0, 0.1) is 0 Å². The van der Waals surface area contributed by atoms with Crippen molar-refractivity contribution in [1.29, 1.82) is 0 Å². The maximum absolute atomic E-state index is 11.6. The molecule has 0 atom stereocenters. The highest BCUT2D eigenvalue weighted by Gasteiger charge is 2.10. The molecule has 2 aromatic heterocycles. The van der Waals surface area contributed by atoms with Gasteiger partial charge in [0, 0.05) is 18.9 Å². The van der Waals surface area contributed by atoms with Crippen molar-refractivity contribution in [3.05, 3.63) is 46.6 Å². The summed E-state index contributed by atoms with van der Waals surface area (Å²) in [4.78, 5) is 11.6. The molecule has 2 aromatic rings. The zero-order chi connectivity index (χ0) is 11.5. The largest absolute Gasteiger partial charge is 0.444 e. The minimum absolute atomic E-state index is 0.216. The molecule has 0 aliphatic carbocycles. The first-order valence-corrected chi connectivity index (χ1v) is 5.60. The van der Waals surface area contributed by atoms with E-state index < -0.39 is 0 Å². The molecular formula is C11H11BrN2O2. The zero-order valence-electron chi connectivity index (χ0n) is 8.74. The van der Waals surface area contributed by atoms with Crippen molar-refractivity contribution in [3.63, 3.8) is 0 Å². The van der Waals surface area contributed by atoms with E-state index in [9.17, 15) is 4.79 Å². The van der Waals surface area contributed by atoms with Crippen molar-refractivity contribution in [1.82, 2.24) is 9.88 Å². The molecular weight excluding hydrogens is 272 g/mol. The SMILES string of the molecule is Cn1cccc1CNC(=O)c1ccc(Br)o1. The van der Waals surface area contributed by atoms with E-state index in [-0.39, 0.29) is 5.91 Å². The molecule has 0 saturated carbocycles. The molecule has 5 heteroatoms. The van der Waals surface area contributed by atoms with Crippen LogP contribution in [0.5, 0.6) is 0 Å². The predicted octanol–water partition coefficient (Wildman–Crippen LogP) is 2.31. The topological polar surface area (TPSA) is 47.2 Å². The molecule has 0 aliphatic rings. The smallest absolute Gasteiger partial charge is 0.287 e. The first-order valence-electron chi connectivity index (χ1n) is 4.80. The van der Waals surface area contributed by atoms with Crippen LogP contribution in [0.25, 0.3) is 0 Å². The Bertz CT molecular complexity index is 502. The van der Waals surface area contributed by atoms with Gasteiger partial charge in [-0.25, -0.2) is 0 Å². The molecule has 0 fully saturated rings. The number of rotatable bonds is 3. The second-order valence-corrected chi connectivity index (χ2v) is 4.18. The van der Waals surface area contributed by atoms with Crippen LogP contribution in [0.3, 0.4) is 0 Å². The molecule has 2 heterocycles. The summed E-state index contributed by atoms with van der Waals surface area (Å²) in [5.74, 6) is 0.0907. The number of nitrogens with zero attached hydrogens (tertiary/aromatic N) is 1. The van der Waals surface area contributed by atoms with Gasteiger partial charge in [-0.3, -0.25) is 4.79 Å². The van der Waals surface area contributed by atoms with Crippen molar-refractivity contribution in [2.45, 2.75) is 6.54 Å². The fourth-order valence-electron chi connectivity index (χ4n) is 1.37. The van der Waals surface area contributed by atoms with Crippen LogP contribution in [0.2, 0.25) is 0 Å². The normalized spacial score (nSPS) is 10.4. The number of carbonyl (C=O) groups is 1. The Hall–Kier alpha value is -1.49. The van der Waals surface area contributed by atoms with Crippen LogP contribution in [0.15, 0.2) is 39.5 Å². The lowest BCUT2D eigenvalue weighted by Crippen LogP contribution is -2.23. The molecule has 1 N–H and O–H groups in total. The Morgan fingerprint density at radius 2 is 2.31 bits per heavy atom. The highest BCUT2D eigenvalue weighted by Crippen LogP contribution is 2.13. The van der Waals surface area contributed by atoms with Gasteiger partial charge in [-0.1, -0.05) is 0 Å². The van der Waals surface area contributed by atoms with Crippen LogP contribution < -0.4 is 5.32 Å². The van der Waals surface area contributed by atoms with Crippen molar-refractivity contribution in [3.8, 4) is 0 Å². The van der Waals surface area contributed by atoms with Crippen molar-refractivity contribution in [2.75, 3.05) is 0 Å². The maximum Gasteiger partial charge on any atom is 0.287 e. The number of halogens is 1. The summed E-state index contributed by atoms with van der Waals surface area (Å²) in [6.45, 7) is 0.487. The molecule has 84 valence electrons. The monoisotopic (exact) mass is 282 g/mol. The summed E-state index contributed by atoms with van der Waals surface area (Å²) in [5, 5.41) is 2.78. The van der Waals surface area contributed by atoms with Gasteiger partial charge in [0.15, 0.2) is 10.4 Å². The molecule has 16 heavy (non-hydrogen) atoms. The van der Waals surface area contributed by atoms with Crippen molar-refractivity contribution >= 4 is 21.8 Å². The molecule has 0 aliphatic heterocycles. The van der Waals surface area contributed by atoms with Gasteiger partial charge in [0.1, 0.15) is 0 Å². The summed E-state index contributed by atoms with van der Waals surface area (Å²) >= 11 is 3.15. The first kappa shape index (κ1) is 11.0. The highest BCUT2D eigenvalue weighted by molar-refractivity contribution is 9.10. The number of aromatic nitrogens is 1. The number of nitrogens with one attached hydrogen (secondary N) is 1. The Morgan fingerprint density at radius 1 is 1.50 bits per heavy atom. The van der Waals surface area contributed by atoms with Gasteiger partial charge in [0.2, 0.25) is 0 Å². The van der Waals surface area contributed by atoms with E-state index in [1.165, 1.54) is 0 Å². The average Bonchev–Trinajstić information content (AvgIpc) is 2.84. The standard InChI is InChI=1S/C11H11BrN2O2/c1-14-6-2-3-8(14)7-13-11(15)9-4-5-10(12)16-9/h2-6H,7H2,1H3,(H,13,15). The van der Waals surface area contributed by atoms with E-state index in [0.717, 1.165) is 5.69 Å². The maximum atomic E-state index is 11.6. The molecule has 0 spiro atoms. The number of carbonyl (C=O) groups excluding carboxylic acids is 1. The molecule has 0 saturated heterocycles. The zero-order valence-corrected chi connectivity index (χ0v) is 10.3. The van der Waals surface area contributed by atoms with E-state index in [4.69, 9.17) is 4.42 Å². The lowest BCUT2D eigenvalue weighted by Gasteiger charge is -2.04. The quantitative estimate of drug-likeness (QED) is 0.939. The fraction of sp³-hybridized carbons (Fsp3) is 0.182. The van der Waals surface area contributed by atoms with Gasteiger partial charge in [-0.05, 0) is 40.2 Å². The van der Waals surface area contributed by atoms with Crippen molar-refractivity contribution in [2.24, 2.45) is 7.05 Å². The molecule has 4 nitrogen and oxygen atoms in total. The number of aryl methyl sites for hydroxylation is 1. The third-order valence-corrected chi connectivity index (χ3v) is 2.70. The lowest BCUT2D eigenvalue weighted by molar-refractivity contribution is 0.0921. The van der Waals surface area contributed by atoms with Gasteiger partial charge < -0.3 is 14.3 Å². The first-order chi connectivity index (χ1) is 7.66. The van der Waals surface area contributed by atoms with Crippen LogP contribution >= 0.6 is 15.9 Å². The fourth-order valence-corrected chi connectivity index (χ4v) is 1.68. The summed E-state index contributed by atoms with van der Waals surface area (Å²) in [5.41, 5.74) is 1.04. The third-order valence-electron chi connectivity index (χ3n) is 2.28. The number of hydrogen-bond acceptors (Lipinski definition) is 2. The number of hydrogen-bond donors (Lipinski definition) is 1. The van der Waals surface area contributed by atoms with Gasteiger partial charge >= 0.3 is 0 Å². The third kappa shape index (κ3) is 2.36. The van der Waals surface area contributed by atoms with E-state index in [1.54, 1.807) is 12.1 Å².